The molecule has 0 heterocycles. The fourth-order valence-electron chi connectivity index (χ4n) is 0.971. The molecule has 1 aromatic rings. The number of hydrogen-bond acceptors (Lipinski definition) is 4. The van der Waals surface area contributed by atoms with E-state index in [9.17, 15) is 8.42 Å². The molecule has 0 bridgehead atoms. The van der Waals surface area contributed by atoms with E-state index in [2.05, 4.69) is 0 Å². The molecule has 2 N–H and O–H groups in total. The van der Waals surface area contributed by atoms with Crippen molar-refractivity contribution in [3.8, 4) is 5.75 Å². The third-order valence-electron chi connectivity index (χ3n) is 1.62. The first-order chi connectivity index (χ1) is 6.54. The summed E-state index contributed by atoms with van der Waals surface area (Å²) in [5, 5.41) is 0. The van der Waals surface area contributed by atoms with Crippen molar-refractivity contribution in [1.82, 2.24) is 0 Å². The first kappa shape index (κ1) is 11.0. The van der Waals surface area contributed by atoms with Crippen LogP contribution in [0.3, 0.4) is 0 Å². The molecule has 0 aliphatic heterocycles. The molecular weight excluding hydrogens is 202 g/mol. The molecule has 0 fully saturated rings. The lowest BCUT2D eigenvalue weighted by molar-refractivity contribution is 0.327. The molecule has 0 unspecified atom stereocenters. The van der Waals surface area contributed by atoms with Crippen molar-refractivity contribution in [2.24, 2.45) is 5.73 Å². The Morgan fingerprint density at radius 1 is 1.43 bits per heavy atom. The van der Waals surface area contributed by atoms with Crippen LogP contribution < -0.4 is 10.5 Å². The average Bonchev–Trinajstić information content (AvgIpc) is 2.14. The van der Waals surface area contributed by atoms with E-state index in [-0.39, 0.29) is 4.90 Å². The SMILES string of the molecule is CS(=O)(=O)c1cccc(OCCN)c1. The number of nitrogens with two attached hydrogens (primary N) is 1. The summed E-state index contributed by atoms with van der Waals surface area (Å²) in [4.78, 5) is 0.257. The molecular formula is C9H13NO3S. The monoisotopic (exact) mass is 215 g/mol. The maximum absolute atomic E-state index is 11.2. The van der Waals surface area contributed by atoms with Crippen molar-refractivity contribution in [3.05, 3.63) is 24.3 Å². The molecule has 0 aliphatic rings. The maximum atomic E-state index is 11.2. The van der Waals surface area contributed by atoms with Gasteiger partial charge in [-0.1, -0.05) is 6.07 Å². The predicted octanol–water partition coefficient (Wildman–Crippen LogP) is 0.428. The van der Waals surface area contributed by atoms with Gasteiger partial charge in [-0.05, 0) is 18.2 Å². The summed E-state index contributed by atoms with van der Waals surface area (Å²) < 4.78 is 27.6. The summed E-state index contributed by atoms with van der Waals surface area (Å²) in [7, 11) is -3.16. The Hall–Kier alpha value is -1.07. The molecule has 0 aliphatic carbocycles. The molecule has 0 saturated heterocycles. The Balaban J connectivity index is 2.90. The molecule has 0 radical (unpaired) electrons. The molecule has 78 valence electrons. The topological polar surface area (TPSA) is 69.4 Å². The van der Waals surface area contributed by atoms with Crippen molar-refractivity contribution in [1.29, 1.82) is 0 Å². The van der Waals surface area contributed by atoms with E-state index in [1.165, 1.54) is 12.1 Å². The van der Waals surface area contributed by atoms with Crippen LogP contribution in [0, 0.1) is 0 Å². The second-order valence-corrected chi connectivity index (χ2v) is 4.90. The highest BCUT2D eigenvalue weighted by Gasteiger charge is 2.07. The van der Waals surface area contributed by atoms with Crippen LogP contribution in [0.15, 0.2) is 29.2 Å². The Morgan fingerprint density at radius 3 is 2.71 bits per heavy atom. The van der Waals surface area contributed by atoms with Crippen LogP contribution in [0.25, 0.3) is 0 Å². The number of benzene rings is 1. The second-order valence-electron chi connectivity index (χ2n) is 2.88. The first-order valence-corrected chi connectivity index (χ1v) is 6.06. The van der Waals surface area contributed by atoms with Crippen LogP contribution >= 0.6 is 0 Å². The average molecular weight is 215 g/mol. The lowest BCUT2D eigenvalue weighted by Gasteiger charge is -2.05. The smallest absolute Gasteiger partial charge is 0.175 e. The first-order valence-electron chi connectivity index (χ1n) is 4.17. The molecule has 0 saturated carbocycles. The third-order valence-corrected chi connectivity index (χ3v) is 2.73. The highest BCUT2D eigenvalue weighted by molar-refractivity contribution is 7.90. The molecule has 0 amide bonds. The normalized spacial score (nSPS) is 11.3. The van der Waals surface area contributed by atoms with Crippen LogP contribution in [0.4, 0.5) is 0 Å². The fraction of sp³-hybridized carbons (Fsp3) is 0.333. The molecule has 0 aromatic heterocycles. The van der Waals surface area contributed by atoms with Gasteiger partial charge < -0.3 is 10.5 Å². The van der Waals surface area contributed by atoms with E-state index in [1.807, 2.05) is 0 Å². The van der Waals surface area contributed by atoms with E-state index in [0.717, 1.165) is 6.26 Å². The molecule has 5 heteroatoms. The summed E-state index contributed by atoms with van der Waals surface area (Å²) in [5.74, 6) is 0.526. The van der Waals surface area contributed by atoms with Gasteiger partial charge in [0.2, 0.25) is 0 Å². The van der Waals surface area contributed by atoms with Crippen molar-refractivity contribution in [2.75, 3.05) is 19.4 Å². The van der Waals surface area contributed by atoms with Gasteiger partial charge in [0, 0.05) is 12.8 Å². The van der Waals surface area contributed by atoms with Gasteiger partial charge in [-0.15, -0.1) is 0 Å². The molecule has 0 atom stereocenters. The van der Waals surface area contributed by atoms with Crippen LogP contribution in [0.2, 0.25) is 0 Å². The molecule has 4 nitrogen and oxygen atoms in total. The minimum absolute atomic E-state index is 0.257. The summed E-state index contributed by atoms with van der Waals surface area (Å²) in [6.07, 6.45) is 1.16. The molecule has 1 aromatic carbocycles. The van der Waals surface area contributed by atoms with Crippen molar-refractivity contribution in [3.63, 3.8) is 0 Å². The van der Waals surface area contributed by atoms with Gasteiger partial charge in [-0.2, -0.15) is 0 Å². The second kappa shape index (κ2) is 4.43. The van der Waals surface area contributed by atoms with Crippen LogP contribution in [-0.4, -0.2) is 27.8 Å². The van der Waals surface area contributed by atoms with Gasteiger partial charge in [-0.3, -0.25) is 0 Å². The van der Waals surface area contributed by atoms with Crippen molar-refractivity contribution >= 4 is 9.84 Å². The zero-order chi connectivity index (χ0) is 10.6. The van der Waals surface area contributed by atoms with Crippen LogP contribution in [-0.2, 0) is 9.84 Å². The zero-order valence-corrected chi connectivity index (χ0v) is 8.75. The highest BCUT2D eigenvalue weighted by atomic mass is 32.2. The minimum Gasteiger partial charge on any atom is -0.492 e. The Morgan fingerprint density at radius 2 is 2.14 bits per heavy atom. The van der Waals surface area contributed by atoms with E-state index in [4.69, 9.17) is 10.5 Å². The van der Waals surface area contributed by atoms with Crippen molar-refractivity contribution in [2.45, 2.75) is 4.90 Å². The molecule has 1 rings (SSSR count). The van der Waals surface area contributed by atoms with E-state index in [0.29, 0.717) is 18.9 Å². The number of sulfone groups is 1. The van der Waals surface area contributed by atoms with Gasteiger partial charge in [0.15, 0.2) is 9.84 Å². The quantitative estimate of drug-likeness (QED) is 0.790. The van der Waals surface area contributed by atoms with Gasteiger partial charge in [0.05, 0.1) is 4.90 Å². The summed E-state index contributed by atoms with van der Waals surface area (Å²) in [5.41, 5.74) is 5.26. The van der Waals surface area contributed by atoms with E-state index in [1.54, 1.807) is 12.1 Å². The number of ether oxygens (including phenoxy) is 1. The Bertz CT molecular complexity index is 400. The lowest BCUT2D eigenvalue weighted by atomic mass is 10.3. The van der Waals surface area contributed by atoms with E-state index >= 15 is 0 Å². The number of rotatable bonds is 4. The van der Waals surface area contributed by atoms with Gasteiger partial charge in [0.25, 0.3) is 0 Å². The van der Waals surface area contributed by atoms with Crippen LogP contribution in [0.5, 0.6) is 5.75 Å². The van der Waals surface area contributed by atoms with Gasteiger partial charge in [0.1, 0.15) is 12.4 Å². The summed E-state index contributed by atoms with van der Waals surface area (Å²) in [6.45, 7) is 0.788. The maximum Gasteiger partial charge on any atom is 0.175 e. The molecule has 0 spiro atoms. The lowest BCUT2D eigenvalue weighted by Crippen LogP contribution is -2.10. The van der Waals surface area contributed by atoms with Gasteiger partial charge in [-0.25, -0.2) is 8.42 Å². The predicted molar refractivity (Wildman–Crippen MR) is 54.1 cm³/mol. The fourth-order valence-corrected chi connectivity index (χ4v) is 1.63. The highest BCUT2D eigenvalue weighted by Crippen LogP contribution is 2.16. The zero-order valence-electron chi connectivity index (χ0n) is 7.93. The third kappa shape index (κ3) is 3.01. The number of hydrogen-bond donors (Lipinski definition) is 1. The van der Waals surface area contributed by atoms with Crippen molar-refractivity contribution < 1.29 is 13.2 Å². The van der Waals surface area contributed by atoms with Gasteiger partial charge >= 0.3 is 0 Å². The summed E-state index contributed by atoms with van der Waals surface area (Å²) in [6, 6.07) is 6.36. The Labute approximate surface area is 83.6 Å². The minimum atomic E-state index is -3.16. The summed E-state index contributed by atoms with van der Waals surface area (Å²) >= 11 is 0. The van der Waals surface area contributed by atoms with E-state index < -0.39 is 9.84 Å². The Kier molecular flexibility index (Phi) is 3.49. The standard InChI is InChI=1S/C9H13NO3S/c1-14(11,12)9-4-2-3-8(7-9)13-6-5-10/h2-4,7H,5-6,10H2,1H3. The molecule has 14 heavy (non-hydrogen) atoms. The van der Waals surface area contributed by atoms with Crippen LogP contribution in [0.1, 0.15) is 0 Å². The largest absolute Gasteiger partial charge is 0.492 e.